The van der Waals surface area contributed by atoms with Crippen molar-refractivity contribution in [2.45, 2.75) is 82.0 Å². The third kappa shape index (κ3) is 11.8. The molecule has 0 aliphatic heterocycles. The average Bonchev–Trinajstić information content (AvgIpc) is 2.93. The summed E-state index contributed by atoms with van der Waals surface area (Å²) in [5, 5.41) is 1.99. The topological polar surface area (TPSA) is 12.9 Å². The van der Waals surface area contributed by atoms with E-state index in [1.165, 1.54) is 83.3 Å². The van der Waals surface area contributed by atoms with Gasteiger partial charge in [-0.15, -0.1) is 0 Å². The zero-order valence-corrected chi connectivity index (χ0v) is 19.9. The van der Waals surface area contributed by atoms with Gasteiger partial charge in [-0.2, -0.15) is 0 Å². The zero-order chi connectivity index (χ0) is 15.3. The van der Waals surface area contributed by atoms with E-state index in [-0.39, 0.29) is 0 Å². The number of thiazole rings is 1. The number of aromatic nitrogens is 1. The molecule has 0 aromatic carbocycles. The first-order chi connectivity index (χ1) is 9.58. The van der Waals surface area contributed by atoms with Crippen molar-refractivity contribution in [1.82, 2.24) is 4.98 Å². The van der Waals surface area contributed by atoms with E-state index >= 15 is 0 Å². The summed E-state index contributed by atoms with van der Waals surface area (Å²) in [6, 6.07) is 0. The molecule has 0 bridgehead atoms. The van der Waals surface area contributed by atoms with Gasteiger partial charge >= 0.3 is 158 Å². The number of nitrogens with zero attached hydrogens (tertiary/aromatic N) is 1. The molecule has 0 spiro atoms. The van der Waals surface area contributed by atoms with Crippen LogP contribution >= 0.6 is 11.3 Å². The molecule has 4 heteroatoms. The summed E-state index contributed by atoms with van der Waals surface area (Å²) >= 11 is 4.92. The molecule has 0 saturated carbocycles. The van der Waals surface area contributed by atoms with Crippen molar-refractivity contribution in [2.24, 2.45) is 0 Å². The zero-order valence-electron chi connectivity index (χ0n) is 13.4. The van der Waals surface area contributed by atoms with Crippen LogP contribution in [0.15, 0.2) is 11.6 Å². The Labute approximate surface area is 156 Å². The van der Waals surface area contributed by atoms with E-state index < -0.39 is 0 Å². The van der Waals surface area contributed by atoms with Gasteiger partial charge in [0.05, 0.1) is 0 Å². The van der Waals surface area contributed by atoms with Gasteiger partial charge in [0.15, 0.2) is 0 Å². The average molecular weight is 505 g/mol. The predicted molar refractivity (Wildman–Crippen MR) is 94.5 cm³/mol. The van der Waals surface area contributed by atoms with Crippen LogP contribution in [0.25, 0.3) is 0 Å². The fourth-order valence-corrected chi connectivity index (χ4v) is 4.83. The summed E-state index contributed by atoms with van der Waals surface area (Å²) in [7, 11) is 0. The Bertz CT molecular complexity index is 280. The van der Waals surface area contributed by atoms with Crippen LogP contribution < -0.4 is 3.02 Å². The van der Waals surface area contributed by atoms with Gasteiger partial charge in [-0.3, -0.25) is 0 Å². The maximum absolute atomic E-state index is 3.98. The van der Waals surface area contributed by atoms with E-state index in [1.54, 1.807) is 33.9 Å². The van der Waals surface area contributed by atoms with E-state index in [2.05, 4.69) is 25.8 Å². The summed E-state index contributed by atoms with van der Waals surface area (Å²) in [6.45, 7) is 6.95. The molecular formula is C16H29NSSn2. The van der Waals surface area contributed by atoms with Crippen LogP contribution in [-0.4, -0.2) is 50.0 Å². The third-order valence-electron chi connectivity index (χ3n) is 3.46. The molecule has 1 heterocycles. The Hall–Kier alpha value is 1.23. The summed E-state index contributed by atoms with van der Waals surface area (Å²) in [5.74, 6) is 0. The van der Waals surface area contributed by atoms with Crippen LogP contribution in [0.1, 0.15) is 78.6 Å². The second-order valence-corrected chi connectivity index (χ2v) is 11.7. The molecule has 0 unspecified atom stereocenters. The fraction of sp³-hybridized carbons (Fsp3) is 0.812. The summed E-state index contributed by atoms with van der Waals surface area (Å²) in [5.41, 5.74) is 0. The molecule has 1 rings (SSSR count). The summed E-state index contributed by atoms with van der Waals surface area (Å²) < 4.78 is 1.97. The first-order valence-electron chi connectivity index (χ1n) is 7.94. The molecule has 1 nitrogen and oxygen atoms in total. The molecule has 0 atom stereocenters. The summed E-state index contributed by atoms with van der Waals surface area (Å²) in [4.78, 5) is 3.98. The van der Waals surface area contributed by atoms with E-state index in [9.17, 15) is 0 Å². The van der Waals surface area contributed by atoms with E-state index in [1.807, 2.05) is 11.6 Å². The molecule has 0 N–H and O–H groups in total. The number of rotatable bonds is 9. The Balaban J connectivity index is 0.000000493. The molecule has 0 amide bonds. The van der Waals surface area contributed by atoms with Gasteiger partial charge in [-0.05, 0) is 0 Å². The molecule has 0 fully saturated rings. The second kappa shape index (κ2) is 13.9. The van der Waals surface area contributed by atoms with Crippen LogP contribution in [0.2, 0.25) is 3.43 Å². The molecular weight excluding hydrogens is 476 g/mol. The molecule has 112 valence electrons. The van der Waals surface area contributed by atoms with Crippen molar-refractivity contribution < 1.29 is 0 Å². The fourth-order valence-electron chi connectivity index (χ4n) is 2.14. The van der Waals surface area contributed by atoms with Gasteiger partial charge in [0, 0.05) is 0 Å². The minimum atomic E-state index is 0.745. The van der Waals surface area contributed by atoms with Gasteiger partial charge in [0.1, 0.15) is 0 Å². The van der Waals surface area contributed by atoms with Gasteiger partial charge in [-0.1, -0.05) is 0 Å². The van der Waals surface area contributed by atoms with Crippen molar-refractivity contribution in [1.29, 1.82) is 0 Å². The maximum atomic E-state index is 3.98. The minimum absolute atomic E-state index is 0.745. The number of hydrogen-bond acceptors (Lipinski definition) is 2. The van der Waals surface area contributed by atoms with Crippen LogP contribution in [0.5, 0.6) is 0 Å². The van der Waals surface area contributed by atoms with Crippen molar-refractivity contribution in [2.75, 3.05) is 0 Å². The van der Waals surface area contributed by atoms with E-state index in [4.69, 9.17) is 0 Å². The Kier molecular flexibility index (Phi) is 14.7. The van der Waals surface area contributed by atoms with Crippen LogP contribution in [0, 0.1) is 0 Å². The molecule has 0 aliphatic rings. The SMILES string of the molecule is CCCC[C]([Sn])(CCCC)CCCC.[Sn][c]1nccs1. The standard InChI is InChI=1S/C13H27.C3H2NS.2Sn/c1-4-7-10-13(11-8-5-2)12-9-6-3;1-2-5-3-4-1;;/h4-12H2,1-3H3;1-2H;;. The molecule has 6 radical (unpaired) electrons. The van der Waals surface area contributed by atoms with Crippen molar-refractivity contribution in [3.63, 3.8) is 0 Å². The van der Waals surface area contributed by atoms with Gasteiger partial charge < -0.3 is 0 Å². The third-order valence-corrected chi connectivity index (χ3v) is 7.56. The predicted octanol–water partition coefficient (Wildman–Crippen LogP) is 4.82. The quantitative estimate of drug-likeness (QED) is 0.439. The Morgan fingerprint density at radius 1 is 1.00 bits per heavy atom. The van der Waals surface area contributed by atoms with Gasteiger partial charge in [0.25, 0.3) is 0 Å². The summed E-state index contributed by atoms with van der Waals surface area (Å²) in [6.07, 6.45) is 14.7. The number of unbranched alkanes of at least 4 members (excludes halogenated alkanes) is 3. The Morgan fingerprint density at radius 3 is 1.65 bits per heavy atom. The van der Waals surface area contributed by atoms with Crippen molar-refractivity contribution in [3.8, 4) is 0 Å². The normalized spacial score (nSPS) is 11.1. The van der Waals surface area contributed by atoms with Crippen molar-refractivity contribution in [3.05, 3.63) is 11.6 Å². The second-order valence-electron chi connectivity index (χ2n) is 5.43. The van der Waals surface area contributed by atoms with Crippen LogP contribution in [-0.2, 0) is 0 Å². The first kappa shape index (κ1) is 21.2. The van der Waals surface area contributed by atoms with Crippen LogP contribution in [0.3, 0.4) is 0 Å². The number of hydrogen-bond donors (Lipinski definition) is 0. The Morgan fingerprint density at radius 2 is 1.45 bits per heavy atom. The molecule has 1 aromatic rings. The molecule has 1 aromatic heterocycles. The molecule has 0 saturated heterocycles. The monoisotopic (exact) mass is 507 g/mol. The van der Waals surface area contributed by atoms with Gasteiger partial charge in [0.2, 0.25) is 0 Å². The molecule has 0 aliphatic carbocycles. The molecule has 20 heavy (non-hydrogen) atoms. The van der Waals surface area contributed by atoms with Crippen LogP contribution in [0.4, 0.5) is 0 Å². The van der Waals surface area contributed by atoms with Crippen molar-refractivity contribution >= 4 is 59.4 Å². The first-order valence-corrected chi connectivity index (χ1v) is 11.7. The van der Waals surface area contributed by atoms with E-state index in [0.717, 1.165) is 3.43 Å². The van der Waals surface area contributed by atoms with E-state index in [0.29, 0.717) is 0 Å². The van der Waals surface area contributed by atoms with Gasteiger partial charge in [-0.25, -0.2) is 0 Å².